The second-order valence-electron chi connectivity index (χ2n) is 42.0. The zero-order chi connectivity index (χ0) is 97.6. The highest BCUT2D eigenvalue weighted by molar-refractivity contribution is 7.14. The average molecular weight is 1960 g/mol. The number of anilines is 2. The Morgan fingerprint density at radius 3 is 1.33 bits per heavy atom. The van der Waals surface area contributed by atoms with Crippen molar-refractivity contribution in [2.24, 2.45) is 46.3 Å². The summed E-state index contributed by atoms with van der Waals surface area (Å²) in [5.41, 5.74) is -2.99. The Kier molecular flexibility index (Phi) is 28.5. The number of alkyl carbamates (subject to hydrolysis) is 2. The first kappa shape index (κ1) is 99.7. The van der Waals surface area contributed by atoms with Crippen molar-refractivity contribution >= 4 is 132 Å². The van der Waals surface area contributed by atoms with E-state index in [1.54, 1.807) is 69.1 Å². The van der Waals surface area contributed by atoms with Crippen molar-refractivity contribution in [2.45, 2.75) is 295 Å². The number of amides is 7. The number of fused-ring (bicyclic) bond motifs is 4. The molecule has 6 saturated carbocycles. The molecule has 0 spiro atoms. The summed E-state index contributed by atoms with van der Waals surface area (Å²) in [7, 11) is 2.89. The van der Waals surface area contributed by atoms with Crippen molar-refractivity contribution in [2.75, 3.05) is 64.2 Å². The molecule has 32 nitrogen and oxygen atoms in total. The minimum absolute atomic E-state index is 0.00875. The maximum Gasteiger partial charge on any atom is 0.410 e. The Balaban J connectivity index is 0.000000207. The molecule has 4 saturated heterocycles. The molecule has 2 unspecified atom stereocenters. The van der Waals surface area contributed by atoms with E-state index >= 15 is 0 Å². The van der Waals surface area contributed by atoms with Crippen LogP contribution >= 0.6 is 45.9 Å². The highest BCUT2D eigenvalue weighted by Crippen LogP contribution is 2.55. The molecule has 2 aromatic carbocycles. The summed E-state index contributed by atoms with van der Waals surface area (Å²) >= 11 is 16.9. The minimum Gasteiger partial charge on any atom is -0.490 e. The maximum atomic E-state index is 15.0. The molecule has 10 fully saturated rings. The number of carbonyl (C=O) groups excluding carboxylic acids is 8. The van der Waals surface area contributed by atoms with Gasteiger partial charge < -0.3 is 84.7 Å². The predicted octanol–water partition coefficient (Wildman–Crippen LogP) is 15.8. The molecule has 6 aromatic rings. The van der Waals surface area contributed by atoms with Crippen molar-refractivity contribution in [3.8, 4) is 45.8 Å². The van der Waals surface area contributed by atoms with Gasteiger partial charge in [-0.1, -0.05) is 91.4 Å². The molecule has 0 bridgehead atoms. The zero-order valence-electron chi connectivity index (χ0n) is 79.2. The number of hydrogen-bond acceptors (Lipinski definition) is 26. The molecule has 16 rings (SSSR count). The fourth-order valence-corrected chi connectivity index (χ4v) is 22.1. The van der Waals surface area contributed by atoms with Gasteiger partial charge in [-0.25, -0.2) is 61.5 Å². The van der Waals surface area contributed by atoms with E-state index in [4.69, 9.17) is 81.0 Å². The Morgan fingerprint density at radius 2 is 0.948 bits per heavy atom. The standard InChI is InChI=1S/C50H66ClF2N7O10S.C45H58ClF2N7O8S/c1-11-28-19-50(28,43(63)66-10)58-41(61)35-17-31(21-59(35)42(62)40(47(4,5)6)57-45(64)69-30-15-26-14-27(26)16-30)68-37-18-33(34-23-71-44(56-34)54-25(2)3)55-39-32(37)12-13-36(38(39)51)67-22-29-20-49(52,53)24-60(29)46(65)70-48(7,8)9;1-8-25-16-45(25,40(58)59)53-38(56)32-14-28(18-55(32)39(57)37(43(4,5)6)52-42(60)63-27-12-23-11-24(23)13-27)62-34-15-30(31-20-64-41(51-31)49-22(2)3)50-36-29(34)9-10-33(35(36)46)61-19-26-17-44(47,48)21-54(26)7/h12-13,18,23,25-31,35,40H,11,14-17,19-22,24H2,1-10H3,(H,54,56)(H,57,64)(H,58,61);9-10,15,20,22-28,32,37H,8,11-14,16-19,21H2,1-7H3,(H,49,51)(H,52,60)(H,53,56)(H,58,59)/t26-,27+,28-,29+,30?,31-,35+,40-,50-;23-,24+,25-,26+,27?,28-,32+,37-,45-/m11/s1. The number of methoxy groups -OCH3 is 1. The highest BCUT2D eigenvalue weighted by atomic mass is 35.5. The van der Waals surface area contributed by atoms with Crippen molar-refractivity contribution in [1.82, 2.24) is 60.8 Å². The second-order valence-corrected chi connectivity index (χ2v) is 44.5. The number of rotatable bonds is 30. The molecule has 135 heavy (non-hydrogen) atoms. The number of aromatic nitrogens is 4. The first-order chi connectivity index (χ1) is 63.4. The van der Waals surface area contributed by atoms with E-state index in [9.17, 15) is 65.8 Å². The van der Waals surface area contributed by atoms with Crippen LogP contribution in [0.1, 0.15) is 194 Å². The fourth-order valence-electron chi connectivity index (χ4n) is 19.9. The van der Waals surface area contributed by atoms with Gasteiger partial charge in [0.2, 0.25) is 23.6 Å². The average Bonchev–Trinajstić information content (AvgIpc) is 1.58. The predicted molar refractivity (Wildman–Crippen MR) is 499 cm³/mol. The number of alkyl halides is 4. The number of likely N-dealkylation sites (N-methyl/N-ethyl adjacent to an activating group) is 1. The lowest BCUT2D eigenvalue weighted by Gasteiger charge is -2.35. The topological polar surface area (TPSA) is 384 Å². The number of ether oxygens (including phenoxy) is 8. The molecule has 6 aliphatic carbocycles. The van der Waals surface area contributed by atoms with Crippen molar-refractivity contribution < 1.29 is 104 Å². The van der Waals surface area contributed by atoms with Gasteiger partial charge in [-0.05, 0) is 177 Å². The number of thiazole rings is 2. The summed E-state index contributed by atoms with van der Waals surface area (Å²) in [5, 5.41) is 34.2. The number of halogens is 6. The quantitative estimate of drug-likeness (QED) is 0.0125. The van der Waals surface area contributed by atoms with Crippen LogP contribution in [0, 0.1) is 46.3 Å². The summed E-state index contributed by atoms with van der Waals surface area (Å²) in [6.45, 7) is 25.8. The number of nitrogens with one attached hydrogen (secondary N) is 6. The molecule has 0 radical (unpaired) electrons. The number of pyridine rings is 2. The number of aliphatic carboxylic acids is 1. The lowest BCUT2D eigenvalue weighted by Crippen LogP contribution is -2.59. The summed E-state index contributed by atoms with van der Waals surface area (Å²) in [4.78, 5) is 149. The molecule has 736 valence electrons. The third-order valence-corrected chi connectivity index (χ3v) is 29.6. The van der Waals surface area contributed by atoms with E-state index in [1.165, 1.54) is 39.6 Å². The van der Waals surface area contributed by atoms with Crippen LogP contribution in [0.15, 0.2) is 47.2 Å². The van der Waals surface area contributed by atoms with Crippen molar-refractivity contribution in [1.29, 1.82) is 0 Å². The Hall–Kier alpha value is -9.79. The van der Waals surface area contributed by atoms with Crippen LogP contribution in [0.3, 0.4) is 0 Å². The van der Waals surface area contributed by atoms with Gasteiger partial charge in [0.1, 0.15) is 123 Å². The van der Waals surface area contributed by atoms with Gasteiger partial charge in [0.25, 0.3) is 11.8 Å². The first-order valence-electron chi connectivity index (χ1n) is 46.7. The third kappa shape index (κ3) is 22.5. The van der Waals surface area contributed by atoms with Crippen LogP contribution in [0.25, 0.3) is 44.6 Å². The van der Waals surface area contributed by atoms with E-state index in [1.807, 2.05) is 93.8 Å². The second kappa shape index (κ2) is 38.5. The number of benzene rings is 2. The smallest absolute Gasteiger partial charge is 0.410 e. The van der Waals surface area contributed by atoms with E-state index in [0.717, 1.165) is 43.4 Å². The molecule has 10 aliphatic rings. The third-order valence-electron chi connectivity index (χ3n) is 27.4. The summed E-state index contributed by atoms with van der Waals surface area (Å²) in [6.07, 6.45) is 1.87. The summed E-state index contributed by atoms with van der Waals surface area (Å²) in [5.74, 6) is -7.20. The Morgan fingerprint density at radius 1 is 0.533 bits per heavy atom. The van der Waals surface area contributed by atoms with Gasteiger partial charge in [0, 0.05) is 77.5 Å². The number of carboxylic acid groups (broad SMARTS) is 1. The van der Waals surface area contributed by atoms with Crippen LogP contribution in [0.5, 0.6) is 23.0 Å². The lowest BCUT2D eigenvalue weighted by molar-refractivity contribution is -0.148. The van der Waals surface area contributed by atoms with Gasteiger partial charge in [0.15, 0.2) is 10.3 Å². The number of esters is 1. The molecule has 7 amide bonds. The molecule has 8 heterocycles. The number of carboxylic acids is 1. The Bertz CT molecular complexity index is 5500. The normalized spacial score (nSPS) is 27.8. The molecule has 4 aliphatic heterocycles. The minimum atomic E-state index is -3.17. The molecule has 7 N–H and O–H groups in total. The van der Waals surface area contributed by atoms with Gasteiger partial charge in [0.05, 0.1) is 61.8 Å². The molecular formula is C95H124Cl2F4N14O18S2. The Labute approximate surface area is 800 Å². The first-order valence-corrected chi connectivity index (χ1v) is 49.2. The van der Waals surface area contributed by atoms with Gasteiger partial charge >= 0.3 is 30.2 Å². The molecular weight excluding hydrogens is 1840 g/mol. The number of likely N-dealkylation sites (tertiary alicyclic amines) is 4. The maximum absolute atomic E-state index is 15.0. The largest absolute Gasteiger partial charge is 0.490 e. The van der Waals surface area contributed by atoms with Crippen molar-refractivity contribution in [3.63, 3.8) is 0 Å². The monoisotopic (exact) mass is 1960 g/mol. The van der Waals surface area contributed by atoms with Crippen LogP contribution < -0.4 is 50.8 Å². The van der Waals surface area contributed by atoms with Crippen LogP contribution in [-0.2, 0) is 47.7 Å². The van der Waals surface area contributed by atoms with Crippen molar-refractivity contribution in [3.05, 3.63) is 57.2 Å². The fraction of sp³-hybridized carbons (Fsp3) is 0.653. The molecule has 4 aromatic heterocycles. The van der Waals surface area contributed by atoms with Crippen LogP contribution in [0.4, 0.5) is 42.2 Å². The van der Waals surface area contributed by atoms with E-state index < -0.39 is 155 Å². The molecule has 18 atom stereocenters. The highest BCUT2D eigenvalue weighted by Gasteiger charge is 2.64. The number of nitrogens with zero attached hydrogens (tertiary/aromatic N) is 8. The number of hydrogen-bond donors (Lipinski definition) is 7. The summed E-state index contributed by atoms with van der Waals surface area (Å²) in [6, 6.07) is 4.06. The van der Waals surface area contributed by atoms with Gasteiger partial charge in [-0.15, -0.1) is 22.7 Å². The molecule has 40 heteroatoms. The van der Waals surface area contributed by atoms with Crippen LogP contribution in [0.2, 0.25) is 10.0 Å². The number of carbonyl (C=O) groups is 9. The van der Waals surface area contributed by atoms with Gasteiger partial charge in [-0.3, -0.25) is 29.0 Å². The van der Waals surface area contributed by atoms with E-state index in [2.05, 4.69) is 31.9 Å². The lowest BCUT2D eigenvalue weighted by atomic mass is 9.85. The van der Waals surface area contributed by atoms with E-state index in [-0.39, 0.29) is 127 Å². The SMILES string of the molecule is CC[C@@H]1C[C@]1(NC(=O)[C@@H]1C[C@@H](Oc2cc(-c3csc(NC(C)C)n3)nc3c(Cl)c(OC[C@@H]4CC(F)(F)CN4C(=O)OC(C)(C)C)ccc23)CN1C(=O)[C@@H](NC(=O)OC1C[C@@H]2C[C@@H]2C1)C(C)(C)C)C(=O)OC.CC[C@@H]1C[C@]1(NC(=O)[C@@H]1C[C@@H](Oc2cc(-c3csc(NC(C)C)n3)nc3c(Cl)c(OC[C@@H]4CC(F)(F)CN4C)ccc23)CN1C(=O)[C@@H](NC(=O)OC1C[C@@H]2C[C@@H]2C1)C(C)(C)C)C(=O)O. The van der Waals surface area contributed by atoms with Gasteiger partial charge in [-0.2, -0.15) is 0 Å². The van der Waals surface area contributed by atoms with E-state index in [0.29, 0.717) is 98.0 Å². The summed E-state index contributed by atoms with van der Waals surface area (Å²) < 4.78 is 106. The zero-order valence-corrected chi connectivity index (χ0v) is 82.3. The van der Waals surface area contributed by atoms with Crippen LogP contribution in [-0.4, -0.2) is 253 Å².